The van der Waals surface area contributed by atoms with E-state index < -0.39 is 0 Å². The summed E-state index contributed by atoms with van der Waals surface area (Å²) in [6.45, 7) is 2.14. The third kappa shape index (κ3) is 4.28. The van der Waals surface area contributed by atoms with E-state index in [1.807, 2.05) is 0 Å². The molecule has 0 heterocycles. The van der Waals surface area contributed by atoms with Crippen LogP contribution in [-0.2, 0) is 11.3 Å². The number of rotatable bonds is 5. The fourth-order valence-electron chi connectivity index (χ4n) is 1.97. The first kappa shape index (κ1) is 15.9. The lowest BCUT2D eigenvalue weighted by Gasteiger charge is -2.18. The van der Waals surface area contributed by atoms with Crippen molar-refractivity contribution in [3.05, 3.63) is 65.2 Å². The van der Waals surface area contributed by atoms with Gasteiger partial charge in [0.15, 0.2) is 0 Å². The zero-order chi connectivity index (χ0) is 16.1. The molecule has 0 atom stereocenters. The summed E-state index contributed by atoms with van der Waals surface area (Å²) >= 11 is 0. The maximum Gasteiger partial charge on any atom is 0.241 e. The van der Waals surface area contributed by atoms with Gasteiger partial charge in [0.2, 0.25) is 5.91 Å². The van der Waals surface area contributed by atoms with Crippen LogP contribution in [0, 0.1) is 18.6 Å². The van der Waals surface area contributed by atoms with Crippen LogP contribution in [-0.4, -0.2) is 24.4 Å². The number of nitrogens with zero attached hydrogens (tertiary/aromatic N) is 1. The minimum Gasteiger partial charge on any atom is -0.376 e. The number of hydrogen-bond donors (Lipinski definition) is 1. The van der Waals surface area contributed by atoms with Gasteiger partial charge >= 0.3 is 0 Å². The molecule has 0 aliphatic rings. The van der Waals surface area contributed by atoms with Gasteiger partial charge < -0.3 is 10.2 Å². The molecule has 1 amide bonds. The lowest BCUT2D eigenvalue weighted by Crippen LogP contribution is -2.31. The monoisotopic (exact) mass is 304 g/mol. The number of benzene rings is 2. The Morgan fingerprint density at radius 1 is 1.14 bits per heavy atom. The largest absolute Gasteiger partial charge is 0.376 e. The molecule has 0 fully saturated rings. The zero-order valence-corrected chi connectivity index (χ0v) is 12.6. The van der Waals surface area contributed by atoms with Crippen LogP contribution in [0.15, 0.2) is 42.5 Å². The molecule has 1 N–H and O–H groups in total. The number of aryl methyl sites for hydroxylation is 1. The first-order chi connectivity index (χ1) is 10.5. The SMILES string of the molecule is Cc1ccc(NCC(=O)N(C)Cc2ccc(F)cc2)cc1F. The Morgan fingerprint density at radius 3 is 2.45 bits per heavy atom. The summed E-state index contributed by atoms with van der Waals surface area (Å²) in [5.74, 6) is -0.747. The number of carbonyl (C=O) groups excluding carboxylic acids is 1. The molecule has 0 radical (unpaired) electrons. The van der Waals surface area contributed by atoms with Gasteiger partial charge in [-0.15, -0.1) is 0 Å². The van der Waals surface area contributed by atoms with Crippen molar-refractivity contribution in [2.45, 2.75) is 13.5 Å². The molecule has 0 spiro atoms. The van der Waals surface area contributed by atoms with Crippen molar-refractivity contribution in [1.29, 1.82) is 0 Å². The Morgan fingerprint density at radius 2 is 1.82 bits per heavy atom. The Bertz CT molecular complexity index is 656. The van der Waals surface area contributed by atoms with Gasteiger partial charge in [0.1, 0.15) is 11.6 Å². The maximum absolute atomic E-state index is 13.4. The highest BCUT2D eigenvalue weighted by Crippen LogP contribution is 2.13. The Hall–Kier alpha value is -2.43. The number of halogens is 2. The van der Waals surface area contributed by atoms with Crippen LogP contribution in [0.25, 0.3) is 0 Å². The standard InChI is InChI=1S/C17H18F2N2O/c1-12-3-8-15(9-16(12)19)20-10-17(22)21(2)11-13-4-6-14(18)7-5-13/h3-9,20H,10-11H2,1-2H3. The van der Waals surface area contributed by atoms with Gasteiger partial charge in [-0.25, -0.2) is 8.78 Å². The highest BCUT2D eigenvalue weighted by molar-refractivity contribution is 5.80. The van der Waals surface area contributed by atoms with E-state index in [1.54, 1.807) is 38.2 Å². The third-order valence-electron chi connectivity index (χ3n) is 3.37. The van der Waals surface area contributed by atoms with Crippen molar-refractivity contribution >= 4 is 11.6 Å². The third-order valence-corrected chi connectivity index (χ3v) is 3.37. The second-order valence-corrected chi connectivity index (χ2v) is 5.19. The second kappa shape index (κ2) is 7.02. The first-order valence-electron chi connectivity index (χ1n) is 6.94. The lowest BCUT2D eigenvalue weighted by molar-refractivity contribution is -0.128. The van der Waals surface area contributed by atoms with Crippen LogP contribution in [0.2, 0.25) is 0 Å². The van der Waals surface area contributed by atoms with Crippen LogP contribution in [0.3, 0.4) is 0 Å². The summed E-state index contributed by atoms with van der Waals surface area (Å²) in [6, 6.07) is 10.8. The minimum atomic E-state index is -0.308. The van der Waals surface area contributed by atoms with E-state index in [0.29, 0.717) is 17.8 Å². The number of nitrogens with one attached hydrogen (secondary N) is 1. The molecule has 0 aromatic heterocycles. The van der Waals surface area contributed by atoms with E-state index >= 15 is 0 Å². The van der Waals surface area contributed by atoms with Gasteiger partial charge in [0.05, 0.1) is 6.54 Å². The van der Waals surface area contributed by atoms with Gasteiger partial charge in [-0.3, -0.25) is 4.79 Å². The van der Waals surface area contributed by atoms with Crippen LogP contribution in [0.4, 0.5) is 14.5 Å². The minimum absolute atomic E-state index is 0.0696. The zero-order valence-electron chi connectivity index (χ0n) is 12.6. The highest BCUT2D eigenvalue weighted by atomic mass is 19.1. The van der Waals surface area contributed by atoms with E-state index in [9.17, 15) is 13.6 Å². The van der Waals surface area contributed by atoms with Gasteiger partial charge in [0, 0.05) is 19.3 Å². The van der Waals surface area contributed by atoms with E-state index in [-0.39, 0.29) is 24.1 Å². The average Bonchev–Trinajstić information content (AvgIpc) is 2.50. The molecule has 0 aliphatic heterocycles. The van der Waals surface area contributed by atoms with Crippen LogP contribution >= 0.6 is 0 Å². The number of amides is 1. The van der Waals surface area contributed by atoms with Gasteiger partial charge in [-0.2, -0.15) is 0 Å². The summed E-state index contributed by atoms with van der Waals surface area (Å²) in [5, 5.41) is 2.90. The predicted molar refractivity (Wildman–Crippen MR) is 82.5 cm³/mol. The fourth-order valence-corrected chi connectivity index (χ4v) is 1.97. The van der Waals surface area contributed by atoms with Crippen molar-refractivity contribution < 1.29 is 13.6 Å². The summed E-state index contributed by atoms with van der Waals surface area (Å²) < 4.78 is 26.2. The molecule has 3 nitrogen and oxygen atoms in total. The van der Waals surface area contributed by atoms with E-state index in [2.05, 4.69) is 5.32 Å². The molecule has 116 valence electrons. The van der Waals surface area contributed by atoms with Crippen LogP contribution in [0.1, 0.15) is 11.1 Å². The number of hydrogen-bond acceptors (Lipinski definition) is 2. The molecule has 2 rings (SSSR count). The van der Waals surface area contributed by atoms with Crippen molar-refractivity contribution in [2.75, 3.05) is 18.9 Å². The van der Waals surface area contributed by atoms with Crippen LogP contribution in [0.5, 0.6) is 0 Å². The quantitative estimate of drug-likeness (QED) is 0.919. The Kier molecular flexibility index (Phi) is 5.09. The Balaban J connectivity index is 1.88. The Labute approximate surface area is 128 Å². The lowest BCUT2D eigenvalue weighted by atomic mass is 10.2. The highest BCUT2D eigenvalue weighted by Gasteiger charge is 2.09. The van der Waals surface area contributed by atoms with E-state index in [0.717, 1.165) is 5.56 Å². The molecule has 5 heteroatoms. The summed E-state index contributed by atoms with van der Waals surface area (Å²) in [6.07, 6.45) is 0. The smallest absolute Gasteiger partial charge is 0.241 e. The first-order valence-corrected chi connectivity index (χ1v) is 6.94. The fraction of sp³-hybridized carbons (Fsp3) is 0.235. The summed E-state index contributed by atoms with van der Waals surface area (Å²) in [7, 11) is 1.67. The molecule has 0 aliphatic carbocycles. The van der Waals surface area contributed by atoms with E-state index in [4.69, 9.17) is 0 Å². The molecule has 0 saturated carbocycles. The van der Waals surface area contributed by atoms with Crippen molar-refractivity contribution in [3.8, 4) is 0 Å². The average molecular weight is 304 g/mol. The number of anilines is 1. The summed E-state index contributed by atoms with van der Waals surface area (Å²) in [5.41, 5.74) is 1.97. The van der Waals surface area contributed by atoms with Crippen molar-refractivity contribution in [3.63, 3.8) is 0 Å². The van der Waals surface area contributed by atoms with Crippen molar-refractivity contribution in [2.24, 2.45) is 0 Å². The molecular formula is C17H18F2N2O. The molecular weight excluding hydrogens is 286 g/mol. The number of likely N-dealkylation sites (N-methyl/N-ethyl adjacent to an activating group) is 1. The normalized spacial score (nSPS) is 10.4. The second-order valence-electron chi connectivity index (χ2n) is 5.19. The van der Waals surface area contributed by atoms with Gasteiger partial charge in [-0.05, 0) is 42.3 Å². The molecule has 22 heavy (non-hydrogen) atoms. The summed E-state index contributed by atoms with van der Waals surface area (Å²) in [4.78, 5) is 13.6. The predicted octanol–water partition coefficient (Wildman–Crippen LogP) is 3.34. The molecule has 2 aromatic carbocycles. The van der Waals surface area contributed by atoms with Gasteiger partial charge in [-0.1, -0.05) is 18.2 Å². The molecule has 2 aromatic rings. The van der Waals surface area contributed by atoms with Gasteiger partial charge in [0.25, 0.3) is 0 Å². The van der Waals surface area contributed by atoms with E-state index in [1.165, 1.54) is 23.1 Å². The molecule has 0 bridgehead atoms. The topological polar surface area (TPSA) is 32.3 Å². The molecule has 0 unspecified atom stereocenters. The van der Waals surface area contributed by atoms with Crippen LogP contribution < -0.4 is 5.32 Å². The maximum atomic E-state index is 13.4. The number of carbonyl (C=O) groups is 1. The van der Waals surface area contributed by atoms with Crippen molar-refractivity contribution in [1.82, 2.24) is 4.90 Å². The molecule has 0 saturated heterocycles.